The Morgan fingerprint density at radius 3 is 1.09 bits per heavy atom. The minimum atomic E-state index is -4.37. The molecular formula is C70H134N2O6P+. The third-order valence-corrected chi connectivity index (χ3v) is 16.4. The van der Waals surface area contributed by atoms with Crippen molar-refractivity contribution in [2.75, 3.05) is 40.9 Å². The number of nitrogens with zero attached hydrogens (tertiary/aromatic N) is 1. The van der Waals surface area contributed by atoms with Gasteiger partial charge >= 0.3 is 7.82 Å². The number of allylic oxidation sites excluding steroid dienone is 9. The number of amides is 1. The van der Waals surface area contributed by atoms with E-state index in [0.717, 1.165) is 51.4 Å². The van der Waals surface area contributed by atoms with Crippen LogP contribution in [0.2, 0.25) is 0 Å². The van der Waals surface area contributed by atoms with E-state index in [9.17, 15) is 19.4 Å². The Morgan fingerprint density at radius 1 is 0.430 bits per heavy atom. The topological polar surface area (TPSA) is 105 Å². The summed E-state index contributed by atoms with van der Waals surface area (Å²) in [7, 11) is 1.55. The normalized spacial score (nSPS) is 14.1. The molecule has 1 amide bonds. The van der Waals surface area contributed by atoms with Crippen LogP contribution in [-0.2, 0) is 18.4 Å². The highest BCUT2D eigenvalue weighted by Crippen LogP contribution is 2.43. The molecule has 464 valence electrons. The van der Waals surface area contributed by atoms with E-state index in [2.05, 4.69) is 67.8 Å². The summed E-state index contributed by atoms with van der Waals surface area (Å²) >= 11 is 0. The molecule has 0 rings (SSSR count). The van der Waals surface area contributed by atoms with Crippen molar-refractivity contribution in [2.45, 2.75) is 341 Å². The van der Waals surface area contributed by atoms with Crippen LogP contribution in [0.4, 0.5) is 0 Å². The Hall–Kier alpha value is -1.80. The third-order valence-electron chi connectivity index (χ3n) is 15.4. The number of quaternary nitrogens is 1. The summed E-state index contributed by atoms with van der Waals surface area (Å²) in [6, 6.07) is -0.872. The van der Waals surface area contributed by atoms with E-state index in [-0.39, 0.29) is 19.1 Å². The van der Waals surface area contributed by atoms with Gasteiger partial charge in [-0.1, -0.05) is 306 Å². The summed E-state index contributed by atoms with van der Waals surface area (Å²) < 4.78 is 23.8. The van der Waals surface area contributed by atoms with Crippen LogP contribution in [0, 0.1) is 0 Å². The summed E-state index contributed by atoms with van der Waals surface area (Å²) in [6.07, 6.45) is 83.7. The predicted molar refractivity (Wildman–Crippen MR) is 346 cm³/mol. The number of aliphatic hydroxyl groups excluding tert-OH is 1. The Labute approximate surface area is 492 Å². The molecule has 3 atom stereocenters. The second-order valence-electron chi connectivity index (χ2n) is 24.5. The number of aliphatic hydroxyl groups is 1. The van der Waals surface area contributed by atoms with Crippen LogP contribution in [-0.4, -0.2) is 73.4 Å². The molecule has 0 heterocycles. The van der Waals surface area contributed by atoms with E-state index in [1.165, 1.54) is 257 Å². The van der Waals surface area contributed by atoms with Gasteiger partial charge in [-0.3, -0.25) is 13.8 Å². The molecule has 8 nitrogen and oxygen atoms in total. The lowest BCUT2D eigenvalue weighted by Crippen LogP contribution is -2.45. The number of rotatable bonds is 63. The number of phosphoric ester groups is 1. The number of likely N-dealkylation sites (N-methyl/N-ethyl adjacent to an activating group) is 1. The number of nitrogens with one attached hydrogen (secondary N) is 1. The molecule has 0 saturated carbocycles. The lowest BCUT2D eigenvalue weighted by atomic mass is 10.0. The molecule has 0 saturated heterocycles. The monoisotopic (exact) mass is 1130 g/mol. The highest BCUT2D eigenvalue weighted by molar-refractivity contribution is 7.47. The van der Waals surface area contributed by atoms with E-state index in [4.69, 9.17) is 9.05 Å². The first-order valence-electron chi connectivity index (χ1n) is 34.2. The van der Waals surface area contributed by atoms with Gasteiger partial charge in [0, 0.05) is 6.42 Å². The molecule has 0 radical (unpaired) electrons. The highest BCUT2D eigenvalue weighted by Gasteiger charge is 2.28. The minimum Gasteiger partial charge on any atom is -0.387 e. The maximum atomic E-state index is 13.0. The van der Waals surface area contributed by atoms with Crippen LogP contribution >= 0.6 is 7.82 Å². The molecule has 0 aromatic carbocycles. The molecular weight excluding hydrogens is 996 g/mol. The lowest BCUT2D eigenvalue weighted by Gasteiger charge is -2.25. The molecule has 0 bridgehead atoms. The zero-order valence-corrected chi connectivity index (χ0v) is 54.0. The quantitative estimate of drug-likeness (QED) is 0.0243. The predicted octanol–water partition coefficient (Wildman–Crippen LogP) is 21.6. The molecule has 3 N–H and O–H groups in total. The number of hydrogen-bond acceptors (Lipinski definition) is 5. The van der Waals surface area contributed by atoms with Crippen molar-refractivity contribution < 1.29 is 32.9 Å². The summed E-state index contributed by atoms with van der Waals surface area (Å²) in [4.78, 5) is 23.4. The molecule has 0 aliphatic rings. The van der Waals surface area contributed by atoms with Gasteiger partial charge in [0.1, 0.15) is 13.2 Å². The number of carbonyl (C=O) groups is 1. The second-order valence-corrected chi connectivity index (χ2v) is 26.0. The lowest BCUT2D eigenvalue weighted by molar-refractivity contribution is -0.870. The van der Waals surface area contributed by atoms with E-state index >= 15 is 0 Å². The van der Waals surface area contributed by atoms with Crippen molar-refractivity contribution in [1.82, 2.24) is 5.32 Å². The van der Waals surface area contributed by atoms with Gasteiger partial charge in [0.2, 0.25) is 5.91 Å². The second kappa shape index (κ2) is 60.8. The first kappa shape index (κ1) is 77.2. The number of hydrogen-bond donors (Lipinski definition) is 3. The van der Waals surface area contributed by atoms with Gasteiger partial charge in [-0.15, -0.1) is 0 Å². The van der Waals surface area contributed by atoms with Crippen molar-refractivity contribution >= 4 is 13.7 Å². The van der Waals surface area contributed by atoms with Crippen molar-refractivity contribution in [1.29, 1.82) is 0 Å². The van der Waals surface area contributed by atoms with E-state index in [1.54, 1.807) is 6.08 Å². The van der Waals surface area contributed by atoms with Gasteiger partial charge in [0.25, 0.3) is 0 Å². The first-order chi connectivity index (χ1) is 38.5. The number of unbranched alkanes of at least 4 members (excludes halogenated alkanes) is 42. The molecule has 0 fully saturated rings. The molecule has 9 heteroatoms. The average molecular weight is 1130 g/mol. The SMILES string of the molecule is CCCCCCCCCCC/C=C\C/C=C\CCCCCCCCCCCCCCCCCCCC(=O)NC(COP(=O)(O)OCC[N+](C)(C)C)C(O)/C=C/CC/C=C/CC/C=C/CCCCCCCCCCCCCCCC. The summed E-state index contributed by atoms with van der Waals surface area (Å²) in [5.74, 6) is -0.187. The van der Waals surface area contributed by atoms with Crippen molar-refractivity contribution in [2.24, 2.45) is 0 Å². The fraction of sp³-hybridized carbons (Fsp3) is 0.843. The van der Waals surface area contributed by atoms with Gasteiger partial charge in [-0.25, -0.2) is 4.57 Å². The maximum absolute atomic E-state index is 13.0. The van der Waals surface area contributed by atoms with E-state index in [1.807, 2.05) is 27.2 Å². The summed E-state index contributed by atoms with van der Waals surface area (Å²) in [5.41, 5.74) is 0. The van der Waals surface area contributed by atoms with Crippen molar-refractivity contribution in [3.05, 3.63) is 60.8 Å². The van der Waals surface area contributed by atoms with E-state index in [0.29, 0.717) is 17.4 Å². The fourth-order valence-corrected chi connectivity index (χ4v) is 10.8. The van der Waals surface area contributed by atoms with Gasteiger partial charge < -0.3 is 19.8 Å². The molecule has 0 aliphatic heterocycles. The van der Waals surface area contributed by atoms with Crippen LogP contribution in [0.1, 0.15) is 328 Å². The Kier molecular flexibility index (Phi) is 59.4. The van der Waals surface area contributed by atoms with Crippen LogP contribution < -0.4 is 5.32 Å². The summed E-state index contributed by atoms with van der Waals surface area (Å²) in [6.45, 7) is 4.83. The smallest absolute Gasteiger partial charge is 0.387 e. The molecule has 79 heavy (non-hydrogen) atoms. The molecule has 0 aliphatic carbocycles. The molecule has 0 spiro atoms. The van der Waals surface area contributed by atoms with Crippen LogP contribution in [0.5, 0.6) is 0 Å². The standard InChI is InChI=1S/C70H133N2O6P/c1-6-8-10-12-14-16-18-20-22-24-26-28-30-32-33-34-35-36-37-38-39-40-42-44-46-48-50-52-54-56-58-60-62-64-70(74)71-68(67-78-79(75,76)77-66-65-72(3,4)5)69(73)63-61-59-57-55-53-51-49-47-45-43-41-31-29-27-25-23-21-19-17-15-13-11-9-7-2/h26,28,32-33,45,47,53,55,61,63,68-69,73H,6-25,27,29-31,34-44,46,48-52,54,56-60,62,64-67H2,1-5H3,(H-,71,74,75,76)/p+1/b28-26-,33-32-,47-45+,55-53+,63-61+. The minimum absolute atomic E-state index is 0.0531. The van der Waals surface area contributed by atoms with Crippen molar-refractivity contribution in [3.8, 4) is 0 Å². The van der Waals surface area contributed by atoms with Gasteiger partial charge in [-0.05, 0) is 77.0 Å². The van der Waals surface area contributed by atoms with Gasteiger partial charge in [0.05, 0.1) is 39.9 Å². The zero-order chi connectivity index (χ0) is 57.7. The maximum Gasteiger partial charge on any atom is 0.472 e. The van der Waals surface area contributed by atoms with Crippen molar-refractivity contribution in [3.63, 3.8) is 0 Å². The molecule has 3 unspecified atom stereocenters. The first-order valence-corrected chi connectivity index (χ1v) is 35.7. The summed E-state index contributed by atoms with van der Waals surface area (Å²) in [5, 5.41) is 14.0. The average Bonchev–Trinajstić information content (AvgIpc) is 3.42. The Balaban J connectivity index is 4.11. The zero-order valence-electron chi connectivity index (χ0n) is 53.1. The van der Waals surface area contributed by atoms with Crippen LogP contribution in [0.25, 0.3) is 0 Å². The molecule has 0 aromatic rings. The highest BCUT2D eigenvalue weighted by atomic mass is 31.2. The van der Waals surface area contributed by atoms with Crippen LogP contribution in [0.3, 0.4) is 0 Å². The molecule has 0 aromatic heterocycles. The number of phosphoric acid groups is 1. The van der Waals surface area contributed by atoms with Gasteiger partial charge in [0.15, 0.2) is 0 Å². The number of carbonyl (C=O) groups excluding carboxylic acids is 1. The Bertz CT molecular complexity index is 1470. The van der Waals surface area contributed by atoms with Crippen LogP contribution in [0.15, 0.2) is 60.8 Å². The largest absolute Gasteiger partial charge is 0.472 e. The fourth-order valence-electron chi connectivity index (χ4n) is 10.1. The van der Waals surface area contributed by atoms with Gasteiger partial charge in [-0.2, -0.15) is 0 Å². The third kappa shape index (κ3) is 63.6. The van der Waals surface area contributed by atoms with E-state index < -0.39 is 20.0 Å². The Morgan fingerprint density at radius 2 is 0.734 bits per heavy atom.